The third kappa shape index (κ3) is 5.95. The number of aliphatic hydroxyl groups excluding tert-OH is 1. The lowest BCUT2D eigenvalue weighted by atomic mass is 10.1. The highest BCUT2D eigenvalue weighted by Crippen LogP contribution is 2.34. The van der Waals surface area contributed by atoms with Crippen LogP contribution in [0.2, 0.25) is 0 Å². The van der Waals surface area contributed by atoms with Crippen LogP contribution in [0, 0.1) is 5.82 Å². The van der Waals surface area contributed by atoms with Gasteiger partial charge in [-0.2, -0.15) is 18.3 Å². The number of rotatable bonds is 10. The van der Waals surface area contributed by atoms with Gasteiger partial charge in [-0.25, -0.2) is 12.8 Å². The van der Waals surface area contributed by atoms with Crippen LogP contribution < -0.4 is 14.8 Å². The average molecular weight is 545 g/mol. The van der Waals surface area contributed by atoms with E-state index in [2.05, 4.69) is 20.2 Å². The maximum Gasteiger partial charge on any atom is 0.435 e. The SMILES string of the molecule is O=S(=O)(Nc1cc([C@@H](O)CNCCOc2ccc3c(C(F)(F)F)n[nH]c3c2)ccc1F)c1cccs1. The highest BCUT2D eigenvalue weighted by atomic mass is 32.2. The number of aromatic nitrogens is 2. The Balaban J connectivity index is 1.29. The number of alkyl halides is 3. The van der Waals surface area contributed by atoms with Crippen LogP contribution in [0.25, 0.3) is 10.9 Å². The second-order valence-electron chi connectivity index (χ2n) is 7.62. The standard InChI is InChI=1S/C22H20F4N4O4S2/c23-16-6-3-13(10-18(16)30-36(32,33)20-2-1-9-35-20)19(31)12-27-7-8-34-14-4-5-15-17(11-14)28-29-21(15)22(24,25)26/h1-6,9-11,19,27,30-31H,7-8,12H2,(H,28,29)/t19-/m0/s1. The molecule has 2 heterocycles. The zero-order valence-electron chi connectivity index (χ0n) is 18.3. The molecule has 2 aromatic heterocycles. The molecule has 0 bridgehead atoms. The van der Waals surface area contributed by atoms with Crippen molar-refractivity contribution in [1.82, 2.24) is 15.5 Å². The number of ether oxygens (including phenoxy) is 1. The predicted molar refractivity (Wildman–Crippen MR) is 126 cm³/mol. The monoisotopic (exact) mass is 544 g/mol. The summed E-state index contributed by atoms with van der Waals surface area (Å²) in [7, 11) is -3.95. The van der Waals surface area contributed by atoms with E-state index in [-0.39, 0.29) is 40.5 Å². The molecule has 4 aromatic rings. The summed E-state index contributed by atoms with van der Waals surface area (Å²) in [6.07, 6.45) is -5.64. The molecule has 0 saturated carbocycles. The molecule has 0 saturated heterocycles. The van der Waals surface area contributed by atoms with Crippen LogP contribution in [-0.4, -0.2) is 43.4 Å². The van der Waals surface area contributed by atoms with Crippen LogP contribution in [-0.2, 0) is 16.2 Å². The number of anilines is 1. The fraction of sp³-hybridized carbons (Fsp3) is 0.227. The van der Waals surface area contributed by atoms with Gasteiger partial charge in [0, 0.05) is 24.5 Å². The van der Waals surface area contributed by atoms with E-state index < -0.39 is 33.8 Å². The molecule has 0 radical (unpaired) electrons. The van der Waals surface area contributed by atoms with Crippen LogP contribution in [0.1, 0.15) is 17.4 Å². The second-order valence-corrected chi connectivity index (χ2v) is 10.5. The van der Waals surface area contributed by atoms with Crippen molar-refractivity contribution in [3.05, 3.63) is 71.0 Å². The lowest BCUT2D eigenvalue weighted by molar-refractivity contribution is -0.139. The van der Waals surface area contributed by atoms with Gasteiger partial charge in [0.15, 0.2) is 5.69 Å². The minimum atomic E-state index is -4.56. The summed E-state index contributed by atoms with van der Waals surface area (Å²) < 4.78 is 85.4. The molecule has 0 amide bonds. The average Bonchev–Trinajstić information content (AvgIpc) is 3.50. The fourth-order valence-electron chi connectivity index (χ4n) is 3.34. The number of aliphatic hydroxyl groups is 1. The van der Waals surface area contributed by atoms with Crippen LogP contribution in [0.4, 0.5) is 23.2 Å². The summed E-state index contributed by atoms with van der Waals surface area (Å²) >= 11 is 0.988. The van der Waals surface area contributed by atoms with Crippen molar-refractivity contribution < 1.29 is 35.8 Å². The van der Waals surface area contributed by atoms with Gasteiger partial charge in [0.2, 0.25) is 0 Å². The van der Waals surface area contributed by atoms with Gasteiger partial charge in [0.25, 0.3) is 10.0 Å². The Morgan fingerprint density at radius 2 is 1.97 bits per heavy atom. The molecule has 8 nitrogen and oxygen atoms in total. The van der Waals surface area contributed by atoms with Crippen molar-refractivity contribution in [1.29, 1.82) is 0 Å². The first-order valence-corrected chi connectivity index (χ1v) is 12.8. The number of hydrogen-bond acceptors (Lipinski definition) is 7. The fourth-order valence-corrected chi connectivity index (χ4v) is 5.39. The molecule has 36 heavy (non-hydrogen) atoms. The van der Waals surface area contributed by atoms with E-state index in [0.717, 1.165) is 17.4 Å². The highest BCUT2D eigenvalue weighted by Gasteiger charge is 2.35. The molecule has 0 aliphatic carbocycles. The summed E-state index contributed by atoms with van der Waals surface area (Å²) in [5.74, 6) is -0.451. The Hall–Kier alpha value is -3.20. The predicted octanol–water partition coefficient (Wildman–Crippen LogP) is 4.29. The van der Waals surface area contributed by atoms with Gasteiger partial charge in [0.05, 0.1) is 17.3 Å². The van der Waals surface area contributed by atoms with Gasteiger partial charge in [-0.1, -0.05) is 12.1 Å². The van der Waals surface area contributed by atoms with E-state index in [4.69, 9.17) is 4.74 Å². The maximum absolute atomic E-state index is 14.2. The van der Waals surface area contributed by atoms with Crippen molar-refractivity contribution in [2.75, 3.05) is 24.4 Å². The highest BCUT2D eigenvalue weighted by molar-refractivity contribution is 7.94. The molecule has 2 aromatic carbocycles. The Labute approximate surface area is 207 Å². The number of halogens is 4. The molecule has 14 heteroatoms. The molecule has 0 unspecified atom stereocenters. The quantitative estimate of drug-likeness (QED) is 0.175. The van der Waals surface area contributed by atoms with Crippen molar-refractivity contribution in [2.45, 2.75) is 16.5 Å². The van der Waals surface area contributed by atoms with Crippen LogP contribution in [0.15, 0.2) is 58.1 Å². The van der Waals surface area contributed by atoms with Gasteiger partial charge in [-0.3, -0.25) is 9.82 Å². The number of benzene rings is 2. The lowest BCUT2D eigenvalue weighted by Gasteiger charge is -2.15. The van der Waals surface area contributed by atoms with Gasteiger partial charge in [0.1, 0.15) is 22.4 Å². The Morgan fingerprint density at radius 3 is 2.69 bits per heavy atom. The molecule has 192 valence electrons. The number of thiophene rings is 1. The molecule has 0 aliphatic heterocycles. The summed E-state index contributed by atoms with van der Waals surface area (Å²) in [6.45, 7) is 0.485. The molecular weight excluding hydrogens is 524 g/mol. The normalized spacial score (nSPS) is 13.1. The van der Waals surface area contributed by atoms with E-state index in [9.17, 15) is 31.1 Å². The summed E-state index contributed by atoms with van der Waals surface area (Å²) in [4.78, 5) is 0. The first-order valence-electron chi connectivity index (χ1n) is 10.5. The molecule has 0 fully saturated rings. The Kier molecular flexibility index (Phi) is 7.49. The topological polar surface area (TPSA) is 116 Å². The van der Waals surface area contributed by atoms with E-state index in [1.807, 2.05) is 0 Å². The smallest absolute Gasteiger partial charge is 0.435 e. The number of H-pyrrole nitrogens is 1. The molecule has 4 N–H and O–H groups in total. The summed E-state index contributed by atoms with van der Waals surface area (Å²) in [5.41, 5.74) is -0.807. The molecule has 0 spiro atoms. The zero-order chi connectivity index (χ0) is 25.9. The Bertz CT molecular complexity index is 1440. The number of hydrogen-bond donors (Lipinski definition) is 4. The number of aromatic amines is 1. The number of nitrogens with zero attached hydrogens (tertiary/aromatic N) is 1. The van der Waals surface area contributed by atoms with Crippen molar-refractivity contribution in [3.8, 4) is 5.75 Å². The van der Waals surface area contributed by atoms with Crippen molar-refractivity contribution in [3.63, 3.8) is 0 Å². The number of sulfonamides is 1. The van der Waals surface area contributed by atoms with Crippen molar-refractivity contribution >= 4 is 38.0 Å². The second kappa shape index (κ2) is 10.4. The van der Waals surface area contributed by atoms with Crippen molar-refractivity contribution in [2.24, 2.45) is 0 Å². The van der Waals surface area contributed by atoms with Gasteiger partial charge in [-0.05, 0) is 41.3 Å². The van der Waals surface area contributed by atoms with Gasteiger partial charge in [-0.15, -0.1) is 11.3 Å². The van der Waals surface area contributed by atoms with E-state index >= 15 is 0 Å². The molecule has 0 aliphatic rings. The van der Waals surface area contributed by atoms with Crippen LogP contribution >= 0.6 is 11.3 Å². The molecule has 4 rings (SSSR count). The lowest BCUT2D eigenvalue weighted by Crippen LogP contribution is -2.26. The van der Waals surface area contributed by atoms with Gasteiger partial charge >= 0.3 is 6.18 Å². The van der Waals surface area contributed by atoms with E-state index in [1.54, 1.807) is 11.4 Å². The van der Waals surface area contributed by atoms with E-state index in [0.29, 0.717) is 11.3 Å². The maximum atomic E-state index is 14.2. The minimum Gasteiger partial charge on any atom is -0.492 e. The first-order chi connectivity index (χ1) is 17.0. The molecular formula is C22H20F4N4O4S2. The molecule has 1 atom stereocenters. The third-order valence-electron chi connectivity index (χ3n) is 5.07. The van der Waals surface area contributed by atoms with Crippen LogP contribution in [0.3, 0.4) is 0 Å². The number of fused-ring (bicyclic) bond motifs is 1. The first kappa shape index (κ1) is 25.9. The largest absolute Gasteiger partial charge is 0.492 e. The van der Waals surface area contributed by atoms with Crippen LogP contribution in [0.5, 0.6) is 5.75 Å². The zero-order valence-corrected chi connectivity index (χ0v) is 20.0. The number of nitrogens with one attached hydrogen (secondary N) is 3. The summed E-state index contributed by atoms with van der Waals surface area (Å²) in [5, 5.41) is 20.5. The minimum absolute atomic E-state index is 0.0296. The summed E-state index contributed by atoms with van der Waals surface area (Å²) in [6, 6.07) is 10.7. The van der Waals surface area contributed by atoms with E-state index in [1.165, 1.54) is 36.4 Å². The third-order valence-corrected chi connectivity index (χ3v) is 7.83. The van der Waals surface area contributed by atoms with Gasteiger partial charge < -0.3 is 15.2 Å². The Morgan fingerprint density at radius 1 is 1.17 bits per heavy atom.